The van der Waals surface area contributed by atoms with Crippen molar-refractivity contribution >= 4 is 17.6 Å². The van der Waals surface area contributed by atoms with E-state index in [0.29, 0.717) is 12.2 Å². The molecule has 1 heterocycles. The van der Waals surface area contributed by atoms with Gasteiger partial charge >= 0.3 is 5.97 Å². The van der Waals surface area contributed by atoms with E-state index in [1.54, 1.807) is 12.1 Å². The van der Waals surface area contributed by atoms with Gasteiger partial charge in [0.2, 0.25) is 5.91 Å². The van der Waals surface area contributed by atoms with Crippen LogP contribution in [0.25, 0.3) is 0 Å². The summed E-state index contributed by atoms with van der Waals surface area (Å²) < 4.78 is 0. The first-order valence-electron chi connectivity index (χ1n) is 8.48. The molecule has 3 rings (SSSR count). The lowest BCUT2D eigenvalue weighted by Crippen LogP contribution is -2.38. The smallest absolute Gasteiger partial charge is 0.308 e. The van der Waals surface area contributed by atoms with Crippen LogP contribution in [0.4, 0.5) is 5.69 Å². The van der Waals surface area contributed by atoms with E-state index in [-0.39, 0.29) is 12.3 Å². The monoisotopic (exact) mass is 338 g/mol. The average Bonchev–Trinajstić information content (AvgIpc) is 2.62. The highest BCUT2D eigenvalue weighted by Crippen LogP contribution is 2.20. The molecule has 25 heavy (non-hydrogen) atoms. The lowest BCUT2D eigenvalue weighted by Gasteiger charge is -2.30. The van der Waals surface area contributed by atoms with Gasteiger partial charge in [-0.2, -0.15) is 0 Å². The third-order valence-corrected chi connectivity index (χ3v) is 4.53. The quantitative estimate of drug-likeness (QED) is 0.850. The number of carbonyl (C=O) groups is 2. The third-order valence-electron chi connectivity index (χ3n) is 4.53. The number of hydrogen-bond donors (Lipinski definition) is 2. The zero-order valence-electron chi connectivity index (χ0n) is 14.0. The van der Waals surface area contributed by atoms with Gasteiger partial charge in [0.1, 0.15) is 0 Å². The summed E-state index contributed by atoms with van der Waals surface area (Å²) in [7, 11) is 0. The topological polar surface area (TPSA) is 69.6 Å². The molecule has 0 saturated carbocycles. The molecule has 1 amide bonds. The van der Waals surface area contributed by atoms with Crippen molar-refractivity contribution in [2.75, 3.05) is 18.4 Å². The minimum Gasteiger partial charge on any atom is -0.481 e. The number of nitrogens with one attached hydrogen (secondary N) is 1. The Hall–Kier alpha value is -2.66. The molecule has 1 aliphatic heterocycles. The van der Waals surface area contributed by atoms with Crippen LogP contribution in [0.15, 0.2) is 54.6 Å². The average molecular weight is 338 g/mol. The largest absolute Gasteiger partial charge is 0.481 e. The number of fused-ring (bicyclic) bond motifs is 1. The van der Waals surface area contributed by atoms with Gasteiger partial charge in [0, 0.05) is 31.7 Å². The summed E-state index contributed by atoms with van der Waals surface area (Å²) in [6.07, 6.45) is 0.890. The predicted octanol–water partition coefficient (Wildman–Crippen LogP) is 2.77. The van der Waals surface area contributed by atoms with Crippen molar-refractivity contribution in [1.29, 1.82) is 0 Å². The Morgan fingerprint density at radius 3 is 2.44 bits per heavy atom. The molecule has 2 aromatic rings. The zero-order chi connectivity index (χ0) is 17.6. The highest BCUT2D eigenvalue weighted by atomic mass is 16.4. The van der Waals surface area contributed by atoms with Gasteiger partial charge in [0.05, 0.1) is 5.92 Å². The maximum atomic E-state index is 12.2. The number of amides is 1. The summed E-state index contributed by atoms with van der Waals surface area (Å²) >= 11 is 0. The molecule has 1 atom stereocenters. The normalized spacial score (nSPS) is 15.2. The molecule has 5 nitrogen and oxygen atoms in total. The van der Waals surface area contributed by atoms with Crippen LogP contribution in [-0.2, 0) is 22.6 Å². The van der Waals surface area contributed by atoms with Crippen molar-refractivity contribution in [2.24, 2.45) is 5.92 Å². The molecule has 1 unspecified atom stereocenters. The number of carboxylic acids is 1. The minimum atomic E-state index is -0.929. The van der Waals surface area contributed by atoms with Gasteiger partial charge in [-0.15, -0.1) is 0 Å². The minimum absolute atomic E-state index is 0.0254. The number of aliphatic carboxylic acids is 1. The van der Waals surface area contributed by atoms with Crippen LogP contribution in [0.5, 0.6) is 0 Å². The number of rotatable bonds is 6. The third kappa shape index (κ3) is 4.67. The van der Waals surface area contributed by atoms with E-state index in [1.807, 2.05) is 30.3 Å². The van der Waals surface area contributed by atoms with E-state index in [2.05, 4.69) is 22.3 Å². The summed E-state index contributed by atoms with van der Waals surface area (Å²) in [6, 6.07) is 17.3. The Balaban J connectivity index is 1.58. The molecular formula is C20H22N2O3. The molecule has 0 fully saturated rings. The van der Waals surface area contributed by atoms with Crippen LogP contribution in [0.1, 0.15) is 17.5 Å². The Morgan fingerprint density at radius 2 is 1.72 bits per heavy atom. The molecular weight excluding hydrogens is 316 g/mol. The Kier molecular flexibility index (Phi) is 5.46. The fourth-order valence-electron chi connectivity index (χ4n) is 3.21. The van der Waals surface area contributed by atoms with Gasteiger partial charge in [-0.25, -0.2) is 0 Å². The molecule has 5 heteroatoms. The van der Waals surface area contributed by atoms with Gasteiger partial charge < -0.3 is 10.4 Å². The van der Waals surface area contributed by atoms with E-state index in [9.17, 15) is 14.7 Å². The fraction of sp³-hybridized carbons (Fsp3) is 0.300. The van der Waals surface area contributed by atoms with E-state index in [1.165, 1.54) is 11.1 Å². The van der Waals surface area contributed by atoms with Gasteiger partial charge in [0.15, 0.2) is 0 Å². The summed E-state index contributed by atoms with van der Waals surface area (Å²) in [6.45, 7) is 1.94. The van der Waals surface area contributed by atoms with Crippen molar-refractivity contribution in [3.63, 3.8) is 0 Å². The highest BCUT2D eigenvalue weighted by Gasteiger charge is 2.26. The second-order valence-corrected chi connectivity index (χ2v) is 6.41. The molecule has 130 valence electrons. The molecule has 2 aromatic carbocycles. The summed E-state index contributed by atoms with van der Waals surface area (Å²) in [5.74, 6) is -1.91. The number of nitrogens with zero attached hydrogens (tertiary/aromatic N) is 1. The summed E-state index contributed by atoms with van der Waals surface area (Å²) in [5.41, 5.74) is 3.25. The second-order valence-electron chi connectivity index (χ2n) is 6.41. The standard InChI is InChI=1S/C20H22N2O3/c23-19(21-18-8-2-1-3-9-18)12-17(20(24)25)14-22-11-10-15-6-4-5-7-16(15)13-22/h1-9,17H,10-14H2,(H,21,23)(H,24,25). The number of anilines is 1. The lowest BCUT2D eigenvalue weighted by atomic mass is 9.97. The van der Waals surface area contributed by atoms with Crippen LogP contribution in [-0.4, -0.2) is 35.0 Å². The molecule has 0 spiro atoms. The SMILES string of the molecule is O=C(CC(CN1CCc2ccccc2C1)C(=O)O)Nc1ccccc1. The van der Waals surface area contributed by atoms with Crippen LogP contribution in [0.2, 0.25) is 0 Å². The van der Waals surface area contributed by atoms with Crippen molar-refractivity contribution in [2.45, 2.75) is 19.4 Å². The van der Waals surface area contributed by atoms with Crippen molar-refractivity contribution < 1.29 is 14.7 Å². The summed E-state index contributed by atoms with van der Waals surface area (Å²) in [4.78, 5) is 25.9. The van der Waals surface area contributed by atoms with E-state index >= 15 is 0 Å². The fourth-order valence-corrected chi connectivity index (χ4v) is 3.21. The maximum Gasteiger partial charge on any atom is 0.308 e. The second kappa shape index (κ2) is 7.94. The molecule has 0 aromatic heterocycles. The maximum absolute atomic E-state index is 12.2. The van der Waals surface area contributed by atoms with Crippen LogP contribution >= 0.6 is 0 Å². The highest BCUT2D eigenvalue weighted by molar-refractivity contribution is 5.93. The van der Waals surface area contributed by atoms with Crippen molar-refractivity contribution in [3.8, 4) is 0 Å². The molecule has 0 radical (unpaired) electrons. The Labute approximate surface area is 147 Å². The Bertz CT molecular complexity index is 746. The van der Waals surface area contributed by atoms with Gasteiger partial charge in [0.25, 0.3) is 0 Å². The van der Waals surface area contributed by atoms with E-state index < -0.39 is 11.9 Å². The molecule has 1 aliphatic rings. The van der Waals surface area contributed by atoms with Crippen molar-refractivity contribution in [3.05, 3.63) is 65.7 Å². The Morgan fingerprint density at radius 1 is 1.04 bits per heavy atom. The van der Waals surface area contributed by atoms with Crippen LogP contribution < -0.4 is 5.32 Å². The van der Waals surface area contributed by atoms with Gasteiger partial charge in [-0.1, -0.05) is 42.5 Å². The van der Waals surface area contributed by atoms with E-state index in [0.717, 1.165) is 19.5 Å². The lowest BCUT2D eigenvalue weighted by molar-refractivity contribution is -0.144. The van der Waals surface area contributed by atoms with Crippen LogP contribution in [0, 0.1) is 5.92 Å². The van der Waals surface area contributed by atoms with Crippen molar-refractivity contribution in [1.82, 2.24) is 4.90 Å². The number of hydrogen-bond acceptors (Lipinski definition) is 3. The number of para-hydroxylation sites is 1. The number of carbonyl (C=O) groups excluding carboxylic acids is 1. The predicted molar refractivity (Wildman–Crippen MR) is 96.2 cm³/mol. The molecule has 0 aliphatic carbocycles. The summed E-state index contributed by atoms with van der Waals surface area (Å²) in [5, 5.41) is 12.3. The molecule has 2 N–H and O–H groups in total. The number of carboxylic acid groups (broad SMARTS) is 1. The number of benzene rings is 2. The molecule has 0 bridgehead atoms. The first kappa shape index (κ1) is 17.2. The first-order chi connectivity index (χ1) is 12.1. The van der Waals surface area contributed by atoms with E-state index in [4.69, 9.17) is 0 Å². The zero-order valence-corrected chi connectivity index (χ0v) is 14.0. The van der Waals surface area contributed by atoms with Crippen LogP contribution in [0.3, 0.4) is 0 Å². The van der Waals surface area contributed by atoms with Gasteiger partial charge in [-0.05, 0) is 29.7 Å². The van der Waals surface area contributed by atoms with Gasteiger partial charge in [-0.3, -0.25) is 14.5 Å². The first-order valence-corrected chi connectivity index (χ1v) is 8.48. The molecule has 0 saturated heterocycles.